The number of carbonyl (C=O) groups excluding carboxylic acids is 1. The Kier molecular flexibility index (Phi) is 5.58. The van der Waals surface area contributed by atoms with Gasteiger partial charge >= 0.3 is 0 Å². The van der Waals surface area contributed by atoms with Gasteiger partial charge in [-0.15, -0.1) is 0 Å². The second-order valence-electron chi connectivity index (χ2n) is 7.41. The first-order chi connectivity index (χ1) is 14.2. The molecule has 29 heavy (non-hydrogen) atoms. The SMILES string of the molecule is COc1ccc(-c2cncc(C(=O)N3C[C@@H](CN)[C@H](c4ccccc4)C3)c2)cc1. The van der Waals surface area contributed by atoms with E-state index in [2.05, 4.69) is 17.1 Å². The van der Waals surface area contributed by atoms with Gasteiger partial charge in [-0.05, 0) is 41.8 Å². The molecule has 0 spiro atoms. The van der Waals surface area contributed by atoms with Gasteiger partial charge in [0, 0.05) is 37.0 Å². The fourth-order valence-corrected chi connectivity index (χ4v) is 4.03. The number of nitrogens with zero attached hydrogens (tertiary/aromatic N) is 2. The summed E-state index contributed by atoms with van der Waals surface area (Å²) < 4.78 is 5.22. The van der Waals surface area contributed by atoms with Crippen molar-refractivity contribution in [3.8, 4) is 16.9 Å². The molecule has 2 N–H and O–H groups in total. The van der Waals surface area contributed by atoms with Crippen LogP contribution in [0, 0.1) is 5.92 Å². The summed E-state index contributed by atoms with van der Waals surface area (Å²) in [4.78, 5) is 19.4. The van der Waals surface area contributed by atoms with E-state index in [0.29, 0.717) is 25.2 Å². The first kappa shape index (κ1) is 19.2. The van der Waals surface area contributed by atoms with Crippen LogP contribution in [0.3, 0.4) is 0 Å². The normalized spacial score (nSPS) is 18.6. The molecule has 1 aromatic heterocycles. The maximum absolute atomic E-state index is 13.2. The van der Waals surface area contributed by atoms with Crippen LogP contribution in [-0.2, 0) is 0 Å². The number of hydrogen-bond acceptors (Lipinski definition) is 4. The summed E-state index contributed by atoms with van der Waals surface area (Å²) in [7, 11) is 1.64. The Morgan fingerprint density at radius 2 is 1.83 bits per heavy atom. The zero-order valence-electron chi connectivity index (χ0n) is 16.5. The topological polar surface area (TPSA) is 68.5 Å². The summed E-state index contributed by atoms with van der Waals surface area (Å²) in [5.74, 6) is 1.33. The van der Waals surface area contributed by atoms with Gasteiger partial charge in [0.1, 0.15) is 5.75 Å². The molecule has 2 aromatic carbocycles. The van der Waals surface area contributed by atoms with Crippen LogP contribution in [0.4, 0.5) is 0 Å². The quantitative estimate of drug-likeness (QED) is 0.727. The number of methoxy groups -OCH3 is 1. The number of aromatic nitrogens is 1. The van der Waals surface area contributed by atoms with Crippen molar-refractivity contribution < 1.29 is 9.53 Å². The third kappa shape index (κ3) is 4.00. The van der Waals surface area contributed by atoms with Gasteiger partial charge in [0.15, 0.2) is 0 Å². The van der Waals surface area contributed by atoms with Gasteiger partial charge in [0.2, 0.25) is 0 Å². The van der Waals surface area contributed by atoms with Crippen LogP contribution in [0.1, 0.15) is 21.8 Å². The summed E-state index contributed by atoms with van der Waals surface area (Å²) in [6, 6.07) is 20.0. The molecule has 1 amide bonds. The Bertz CT molecular complexity index is 973. The number of pyridine rings is 1. The number of benzene rings is 2. The lowest BCUT2D eigenvalue weighted by atomic mass is 9.89. The minimum absolute atomic E-state index is 0.00439. The second kappa shape index (κ2) is 8.45. The number of carbonyl (C=O) groups is 1. The minimum atomic E-state index is 0.00439. The number of hydrogen-bond donors (Lipinski definition) is 1. The van der Waals surface area contributed by atoms with E-state index in [1.54, 1.807) is 19.5 Å². The van der Waals surface area contributed by atoms with Crippen LogP contribution in [-0.4, -0.2) is 42.5 Å². The summed E-state index contributed by atoms with van der Waals surface area (Å²) in [6.07, 6.45) is 3.42. The molecular formula is C24H25N3O2. The van der Waals surface area contributed by atoms with Gasteiger partial charge in [0.25, 0.3) is 5.91 Å². The molecule has 1 aliphatic heterocycles. The van der Waals surface area contributed by atoms with E-state index < -0.39 is 0 Å². The average Bonchev–Trinajstić information content (AvgIpc) is 3.24. The molecule has 1 saturated heterocycles. The van der Waals surface area contributed by atoms with Crippen molar-refractivity contribution >= 4 is 5.91 Å². The van der Waals surface area contributed by atoms with E-state index in [9.17, 15) is 4.79 Å². The standard InChI is InChI=1S/C24H25N3O2/c1-29-22-9-7-17(8-10-22)19-11-20(14-26-13-19)24(28)27-15-21(12-25)23(16-27)18-5-3-2-4-6-18/h2-11,13-14,21,23H,12,15-16,25H2,1H3/t21-,23+/m1/s1. The zero-order chi connectivity index (χ0) is 20.2. The van der Waals surface area contributed by atoms with Crippen molar-refractivity contribution in [1.29, 1.82) is 0 Å². The first-order valence-corrected chi connectivity index (χ1v) is 9.83. The Hall–Kier alpha value is -3.18. The van der Waals surface area contributed by atoms with Gasteiger partial charge in [-0.1, -0.05) is 42.5 Å². The molecule has 5 nitrogen and oxygen atoms in total. The lowest BCUT2D eigenvalue weighted by Crippen LogP contribution is -2.30. The third-order valence-electron chi connectivity index (χ3n) is 5.67. The molecule has 0 radical (unpaired) electrons. The fourth-order valence-electron chi connectivity index (χ4n) is 4.03. The molecule has 3 aromatic rings. The van der Waals surface area contributed by atoms with Gasteiger partial charge in [-0.2, -0.15) is 0 Å². The van der Waals surface area contributed by atoms with Crippen molar-refractivity contribution in [2.45, 2.75) is 5.92 Å². The molecule has 2 atom stereocenters. The van der Waals surface area contributed by atoms with Crippen molar-refractivity contribution in [3.63, 3.8) is 0 Å². The maximum Gasteiger partial charge on any atom is 0.255 e. The molecule has 0 bridgehead atoms. The number of rotatable bonds is 5. The second-order valence-corrected chi connectivity index (χ2v) is 7.41. The van der Waals surface area contributed by atoms with Crippen LogP contribution in [0.5, 0.6) is 5.75 Å². The van der Waals surface area contributed by atoms with E-state index in [-0.39, 0.29) is 17.7 Å². The molecule has 1 aliphatic rings. The number of ether oxygens (including phenoxy) is 1. The van der Waals surface area contributed by atoms with Crippen LogP contribution in [0.15, 0.2) is 73.1 Å². The third-order valence-corrected chi connectivity index (χ3v) is 5.67. The van der Waals surface area contributed by atoms with Gasteiger partial charge < -0.3 is 15.4 Å². The van der Waals surface area contributed by atoms with Crippen LogP contribution >= 0.6 is 0 Å². The van der Waals surface area contributed by atoms with E-state index in [0.717, 1.165) is 16.9 Å². The molecule has 148 valence electrons. The van der Waals surface area contributed by atoms with E-state index in [4.69, 9.17) is 10.5 Å². The summed E-state index contributed by atoms with van der Waals surface area (Å²) in [6.45, 7) is 1.91. The lowest BCUT2D eigenvalue weighted by Gasteiger charge is -2.17. The van der Waals surface area contributed by atoms with E-state index >= 15 is 0 Å². The fraction of sp³-hybridized carbons (Fsp3) is 0.250. The smallest absolute Gasteiger partial charge is 0.255 e. The van der Waals surface area contributed by atoms with Crippen LogP contribution in [0.2, 0.25) is 0 Å². The van der Waals surface area contributed by atoms with Crippen molar-refractivity contribution in [2.75, 3.05) is 26.7 Å². The van der Waals surface area contributed by atoms with Gasteiger partial charge in [0.05, 0.1) is 12.7 Å². The molecular weight excluding hydrogens is 362 g/mol. The zero-order valence-corrected chi connectivity index (χ0v) is 16.5. The van der Waals surface area contributed by atoms with E-state index in [1.807, 2.05) is 53.4 Å². The van der Waals surface area contributed by atoms with Gasteiger partial charge in [-0.3, -0.25) is 9.78 Å². The lowest BCUT2D eigenvalue weighted by molar-refractivity contribution is 0.0786. The Labute approximate surface area is 171 Å². The summed E-state index contributed by atoms with van der Waals surface area (Å²) in [5.41, 5.74) is 9.77. The number of likely N-dealkylation sites (tertiary alicyclic amines) is 1. The molecule has 5 heteroatoms. The summed E-state index contributed by atoms with van der Waals surface area (Å²) >= 11 is 0. The molecule has 2 heterocycles. The Morgan fingerprint density at radius 1 is 1.07 bits per heavy atom. The molecule has 4 rings (SSSR count). The largest absolute Gasteiger partial charge is 0.497 e. The predicted octanol–water partition coefficient (Wildman–Crippen LogP) is 3.57. The van der Waals surface area contributed by atoms with Crippen LogP contribution < -0.4 is 10.5 Å². The molecule has 0 aliphatic carbocycles. The van der Waals surface area contributed by atoms with Crippen molar-refractivity contribution in [1.82, 2.24) is 9.88 Å². The highest BCUT2D eigenvalue weighted by molar-refractivity contribution is 5.95. The minimum Gasteiger partial charge on any atom is -0.497 e. The average molecular weight is 387 g/mol. The maximum atomic E-state index is 13.2. The molecule has 0 saturated carbocycles. The summed E-state index contributed by atoms with van der Waals surface area (Å²) in [5, 5.41) is 0. The molecule has 1 fully saturated rings. The highest BCUT2D eigenvalue weighted by Gasteiger charge is 2.35. The highest BCUT2D eigenvalue weighted by Crippen LogP contribution is 2.33. The number of amides is 1. The molecule has 0 unspecified atom stereocenters. The highest BCUT2D eigenvalue weighted by atomic mass is 16.5. The van der Waals surface area contributed by atoms with Crippen LogP contribution in [0.25, 0.3) is 11.1 Å². The monoisotopic (exact) mass is 387 g/mol. The van der Waals surface area contributed by atoms with Crippen molar-refractivity contribution in [3.05, 3.63) is 84.2 Å². The Balaban J connectivity index is 1.55. The van der Waals surface area contributed by atoms with Crippen molar-refractivity contribution in [2.24, 2.45) is 11.7 Å². The van der Waals surface area contributed by atoms with Gasteiger partial charge in [-0.25, -0.2) is 0 Å². The predicted molar refractivity (Wildman–Crippen MR) is 114 cm³/mol. The first-order valence-electron chi connectivity index (χ1n) is 9.83. The Morgan fingerprint density at radius 3 is 2.52 bits per heavy atom. The number of nitrogens with two attached hydrogens (primary N) is 1. The van der Waals surface area contributed by atoms with E-state index in [1.165, 1.54) is 5.56 Å².